The summed E-state index contributed by atoms with van der Waals surface area (Å²) in [7, 11) is 1.67. The summed E-state index contributed by atoms with van der Waals surface area (Å²) in [5.41, 5.74) is 7.03. The number of nitrogens with two attached hydrogens (primary N) is 1. The number of carbonyl (C=O) groups excluding carboxylic acids is 1. The van der Waals surface area contributed by atoms with E-state index in [0.717, 1.165) is 4.47 Å². The van der Waals surface area contributed by atoms with Gasteiger partial charge in [0, 0.05) is 22.8 Å². The molecular weight excluding hydrogens is 305 g/mol. The molecule has 2 N–H and O–H groups in total. The molecule has 1 heterocycles. The Morgan fingerprint density at radius 3 is 2.71 bits per heavy atom. The fourth-order valence-electron chi connectivity index (χ4n) is 1.55. The predicted octanol–water partition coefficient (Wildman–Crippen LogP) is 2.65. The van der Waals surface area contributed by atoms with Crippen LogP contribution in [0.3, 0.4) is 0 Å². The molecule has 0 aliphatic carbocycles. The van der Waals surface area contributed by atoms with E-state index in [9.17, 15) is 4.79 Å². The Morgan fingerprint density at radius 2 is 2.18 bits per heavy atom. The summed E-state index contributed by atoms with van der Waals surface area (Å²) in [6.45, 7) is 0. The van der Waals surface area contributed by atoms with Crippen molar-refractivity contribution >= 4 is 39.0 Å². The fourth-order valence-corrected chi connectivity index (χ4v) is 2.31. The molecule has 0 saturated heterocycles. The van der Waals surface area contributed by atoms with Crippen LogP contribution >= 0.6 is 27.5 Å². The Bertz CT molecular complexity index is 555. The lowest BCUT2D eigenvalue weighted by atomic mass is 10.1. The molecule has 0 unspecified atom stereocenters. The van der Waals surface area contributed by atoms with Crippen LogP contribution in [0.5, 0.6) is 0 Å². The molecule has 0 saturated carbocycles. The smallest absolute Gasteiger partial charge is 0.212 e. The van der Waals surface area contributed by atoms with Crippen molar-refractivity contribution < 1.29 is 4.79 Å². The number of nitrogen functional groups attached to an aromatic ring is 1. The summed E-state index contributed by atoms with van der Waals surface area (Å²) in [5.74, 6) is -0.206. The van der Waals surface area contributed by atoms with Crippen molar-refractivity contribution in [3.63, 3.8) is 0 Å². The lowest BCUT2D eigenvalue weighted by molar-refractivity contribution is 0.103. The third-order valence-corrected chi connectivity index (χ3v) is 3.03. The molecular formula is C11H9BrClN3O. The predicted molar refractivity (Wildman–Crippen MR) is 70.2 cm³/mol. The molecule has 2 rings (SSSR count). The number of halogens is 2. The Kier molecular flexibility index (Phi) is 3.22. The topological polar surface area (TPSA) is 60.9 Å². The highest BCUT2D eigenvalue weighted by Crippen LogP contribution is 2.22. The highest BCUT2D eigenvalue weighted by atomic mass is 79.9. The number of carbonyl (C=O) groups is 1. The van der Waals surface area contributed by atoms with Crippen molar-refractivity contribution in [2.75, 3.05) is 5.73 Å². The van der Waals surface area contributed by atoms with E-state index >= 15 is 0 Å². The van der Waals surface area contributed by atoms with Crippen LogP contribution in [-0.2, 0) is 7.05 Å². The monoisotopic (exact) mass is 313 g/mol. The summed E-state index contributed by atoms with van der Waals surface area (Å²) < 4.78 is 2.20. The molecule has 0 atom stereocenters. The third kappa shape index (κ3) is 2.35. The summed E-state index contributed by atoms with van der Waals surface area (Å²) >= 11 is 9.22. The second kappa shape index (κ2) is 4.50. The van der Waals surface area contributed by atoms with Gasteiger partial charge in [-0.05, 0) is 18.2 Å². The first-order valence-corrected chi connectivity index (χ1v) is 5.94. The number of aryl methyl sites for hydroxylation is 1. The van der Waals surface area contributed by atoms with E-state index in [1.165, 1.54) is 10.9 Å². The molecule has 4 nitrogen and oxygen atoms in total. The number of anilines is 1. The van der Waals surface area contributed by atoms with E-state index < -0.39 is 0 Å². The van der Waals surface area contributed by atoms with Crippen LogP contribution in [0.15, 0.2) is 28.9 Å². The van der Waals surface area contributed by atoms with E-state index in [0.29, 0.717) is 22.0 Å². The molecule has 1 aromatic carbocycles. The zero-order valence-electron chi connectivity index (χ0n) is 8.95. The maximum atomic E-state index is 12.2. The van der Waals surface area contributed by atoms with Crippen molar-refractivity contribution in [2.45, 2.75) is 0 Å². The molecule has 6 heteroatoms. The van der Waals surface area contributed by atoms with Crippen molar-refractivity contribution in [1.82, 2.24) is 9.78 Å². The van der Waals surface area contributed by atoms with E-state index in [1.54, 1.807) is 25.2 Å². The Morgan fingerprint density at radius 1 is 1.47 bits per heavy atom. The molecule has 0 fully saturated rings. The number of nitrogens with zero attached hydrogens (tertiary/aromatic N) is 2. The highest BCUT2D eigenvalue weighted by molar-refractivity contribution is 9.10. The SMILES string of the molecule is Cn1ncc(Cl)c1C(=O)c1cc(N)cc(Br)c1. The minimum Gasteiger partial charge on any atom is -0.399 e. The van der Waals surface area contributed by atoms with Crippen molar-refractivity contribution in [2.24, 2.45) is 7.05 Å². The van der Waals surface area contributed by atoms with Gasteiger partial charge in [0.1, 0.15) is 5.69 Å². The summed E-state index contributed by atoms with van der Waals surface area (Å²) in [6, 6.07) is 5.03. The molecule has 0 radical (unpaired) electrons. The van der Waals surface area contributed by atoms with Gasteiger partial charge >= 0.3 is 0 Å². The summed E-state index contributed by atoms with van der Waals surface area (Å²) in [4.78, 5) is 12.2. The Labute approximate surface area is 111 Å². The second-order valence-electron chi connectivity index (χ2n) is 3.57. The lowest BCUT2D eigenvalue weighted by Crippen LogP contribution is -2.09. The zero-order chi connectivity index (χ0) is 12.6. The van der Waals surface area contributed by atoms with Gasteiger partial charge in [-0.1, -0.05) is 27.5 Å². The first kappa shape index (κ1) is 12.1. The second-order valence-corrected chi connectivity index (χ2v) is 4.89. The van der Waals surface area contributed by atoms with Gasteiger partial charge in [0.2, 0.25) is 5.78 Å². The van der Waals surface area contributed by atoms with Crippen LogP contribution in [-0.4, -0.2) is 15.6 Å². The van der Waals surface area contributed by atoms with E-state index in [-0.39, 0.29) is 5.78 Å². The Balaban J connectivity index is 2.51. The third-order valence-electron chi connectivity index (χ3n) is 2.29. The molecule has 0 aliphatic rings. The van der Waals surface area contributed by atoms with Crippen molar-refractivity contribution in [3.05, 3.63) is 45.1 Å². The van der Waals surface area contributed by atoms with Crippen LogP contribution in [0, 0.1) is 0 Å². The van der Waals surface area contributed by atoms with Gasteiger partial charge in [0.25, 0.3) is 0 Å². The lowest BCUT2D eigenvalue weighted by Gasteiger charge is -2.04. The average molecular weight is 315 g/mol. The van der Waals surface area contributed by atoms with Crippen LogP contribution in [0.1, 0.15) is 16.1 Å². The molecule has 0 amide bonds. The number of aromatic nitrogens is 2. The maximum absolute atomic E-state index is 12.2. The van der Waals surface area contributed by atoms with Crippen LogP contribution in [0.4, 0.5) is 5.69 Å². The van der Waals surface area contributed by atoms with Gasteiger partial charge in [-0.15, -0.1) is 0 Å². The van der Waals surface area contributed by atoms with Gasteiger partial charge in [-0.25, -0.2) is 0 Å². The fraction of sp³-hybridized carbons (Fsp3) is 0.0909. The van der Waals surface area contributed by atoms with Crippen molar-refractivity contribution in [3.8, 4) is 0 Å². The van der Waals surface area contributed by atoms with Gasteiger partial charge in [0.05, 0.1) is 11.2 Å². The first-order chi connectivity index (χ1) is 7.99. The average Bonchev–Trinajstić information content (AvgIpc) is 2.56. The molecule has 0 aliphatic heterocycles. The molecule has 2 aromatic rings. The number of hydrogen-bond donors (Lipinski definition) is 1. The quantitative estimate of drug-likeness (QED) is 0.685. The number of benzene rings is 1. The molecule has 17 heavy (non-hydrogen) atoms. The largest absolute Gasteiger partial charge is 0.399 e. The molecule has 0 bridgehead atoms. The van der Waals surface area contributed by atoms with Gasteiger partial charge in [-0.3, -0.25) is 9.48 Å². The van der Waals surface area contributed by atoms with E-state index in [2.05, 4.69) is 21.0 Å². The maximum Gasteiger partial charge on any atom is 0.212 e. The van der Waals surface area contributed by atoms with Crippen LogP contribution in [0.25, 0.3) is 0 Å². The molecule has 0 spiro atoms. The van der Waals surface area contributed by atoms with E-state index in [4.69, 9.17) is 17.3 Å². The van der Waals surface area contributed by atoms with E-state index in [1.807, 2.05) is 0 Å². The number of rotatable bonds is 2. The highest BCUT2D eigenvalue weighted by Gasteiger charge is 2.18. The molecule has 1 aromatic heterocycles. The first-order valence-electron chi connectivity index (χ1n) is 4.77. The minimum atomic E-state index is -0.206. The van der Waals surface area contributed by atoms with Gasteiger partial charge in [-0.2, -0.15) is 5.10 Å². The van der Waals surface area contributed by atoms with Crippen LogP contribution < -0.4 is 5.73 Å². The summed E-state index contributed by atoms with van der Waals surface area (Å²) in [6.07, 6.45) is 1.44. The minimum absolute atomic E-state index is 0.206. The van der Waals surface area contributed by atoms with Crippen molar-refractivity contribution in [1.29, 1.82) is 0 Å². The van der Waals surface area contributed by atoms with Gasteiger partial charge < -0.3 is 5.73 Å². The Hall–Kier alpha value is -1.33. The number of hydrogen-bond acceptors (Lipinski definition) is 3. The van der Waals surface area contributed by atoms with Crippen LogP contribution in [0.2, 0.25) is 5.02 Å². The standard InChI is InChI=1S/C11H9BrClN3O/c1-16-10(9(13)5-15-16)11(17)6-2-7(12)4-8(14)3-6/h2-5H,14H2,1H3. The normalized spacial score (nSPS) is 10.5. The molecule has 88 valence electrons. The zero-order valence-corrected chi connectivity index (χ0v) is 11.3. The number of ketones is 1. The van der Waals surface area contributed by atoms with Gasteiger partial charge in [0.15, 0.2) is 0 Å². The summed E-state index contributed by atoms with van der Waals surface area (Å²) in [5, 5.41) is 4.26.